The summed E-state index contributed by atoms with van der Waals surface area (Å²) < 4.78 is 61.7. The number of pyridine rings is 1. The number of halogens is 4. The number of benzene rings is 1. The van der Waals surface area contributed by atoms with E-state index in [1.165, 1.54) is 17.0 Å². The Morgan fingerprint density at radius 1 is 1.16 bits per heavy atom. The van der Waals surface area contributed by atoms with Crippen LogP contribution in [-0.4, -0.2) is 78.7 Å². The van der Waals surface area contributed by atoms with Crippen LogP contribution in [0.1, 0.15) is 49.1 Å². The predicted molar refractivity (Wildman–Crippen MR) is 155 cm³/mol. The number of piperazine rings is 1. The van der Waals surface area contributed by atoms with Gasteiger partial charge in [-0.05, 0) is 58.8 Å². The molecular weight excluding hydrogens is 564 g/mol. The van der Waals surface area contributed by atoms with E-state index in [-0.39, 0.29) is 36.3 Å². The van der Waals surface area contributed by atoms with Crippen LogP contribution in [0.25, 0.3) is 0 Å². The van der Waals surface area contributed by atoms with Crippen molar-refractivity contribution < 1.29 is 27.1 Å². The molecule has 8 nitrogen and oxygen atoms in total. The van der Waals surface area contributed by atoms with Gasteiger partial charge in [0, 0.05) is 49.0 Å². The summed E-state index contributed by atoms with van der Waals surface area (Å²) in [5.41, 5.74) is 1.56. The fourth-order valence-electron chi connectivity index (χ4n) is 6.69. The maximum absolute atomic E-state index is 13.9. The lowest BCUT2D eigenvalue weighted by Gasteiger charge is -2.46. The molecule has 0 aliphatic carbocycles. The van der Waals surface area contributed by atoms with Gasteiger partial charge in [0.15, 0.2) is 5.83 Å². The standard InChI is InChI=1S/C31H36F4N6O2/c1-19-15-40(16-20(2)41(19)30(42)21(3)32)28-23-11-13-39(27-10-6-5-9-25(27)31(33,34)35)17-26(23)37-29(24(28)14-36)43-18-22-8-7-12-38(22)4/h5-6,9-10,19-20,22H,3,7-8,11-13,15-18H2,1-2,4H3/t19-,20+,22-/m0/s1. The highest BCUT2D eigenvalue weighted by Crippen LogP contribution is 2.42. The highest BCUT2D eigenvalue weighted by atomic mass is 19.4. The van der Waals surface area contributed by atoms with Crippen molar-refractivity contribution in [2.24, 2.45) is 0 Å². The molecule has 4 heterocycles. The summed E-state index contributed by atoms with van der Waals surface area (Å²) in [5.74, 6) is -1.64. The number of aromatic nitrogens is 1. The molecule has 3 aliphatic rings. The Labute approximate surface area is 249 Å². The van der Waals surface area contributed by atoms with Crippen molar-refractivity contribution in [3.8, 4) is 11.9 Å². The van der Waals surface area contributed by atoms with Gasteiger partial charge in [-0.2, -0.15) is 18.4 Å². The molecule has 1 aromatic heterocycles. The van der Waals surface area contributed by atoms with Crippen LogP contribution in [0.15, 0.2) is 36.7 Å². The summed E-state index contributed by atoms with van der Waals surface area (Å²) in [6.07, 6.45) is -2.18. The van der Waals surface area contributed by atoms with Crippen LogP contribution in [0, 0.1) is 11.3 Å². The fourth-order valence-corrected chi connectivity index (χ4v) is 6.69. The molecule has 43 heavy (non-hydrogen) atoms. The molecule has 0 N–H and O–H groups in total. The molecule has 0 unspecified atom stereocenters. The predicted octanol–water partition coefficient (Wildman–Crippen LogP) is 4.92. The number of hydrogen-bond donors (Lipinski definition) is 0. The second-order valence-electron chi connectivity index (χ2n) is 11.7. The van der Waals surface area contributed by atoms with Gasteiger partial charge in [-0.1, -0.05) is 18.7 Å². The van der Waals surface area contributed by atoms with E-state index >= 15 is 0 Å². The maximum atomic E-state index is 13.9. The van der Waals surface area contributed by atoms with Crippen LogP contribution in [0.2, 0.25) is 0 Å². The number of nitriles is 1. The molecule has 0 spiro atoms. The molecule has 0 saturated carbocycles. The van der Waals surface area contributed by atoms with Crippen molar-refractivity contribution in [3.63, 3.8) is 0 Å². The van der Waals surface area contributed by atoms with Crippen molar-refractivity contribution >= 4 is 17.3 Å². The van der Waals surface area contributed by atoms with Gasteiger partial charge < -0.3 is 24.3 Å². The minimum absolute atomic E-state index is 0.0734. The van der Waals surface area contributed by atoms with Crippen molar-refractivity contribution in [1.82, 2.24) is 14.8 Å². The first-order valence-electron chi connectivity index (χ1n) is 14.5. The van der Waals surface area contributed by atoms with Crippen LogP contribution in [0.3, 0.4) is 0 Å². The Balaban J connectivity index is 1.55. The largest absolute Gasteiger partial charge is 0.475 e. The van der Waals surface area contributed by atoms with Gasteiger partial charge >= 0.3 is 6.18 Å². The first-order chi connectivity index (χ1) is 20.4. The summed E-state index contributed by atoms with van der Waals surface area (Å²) in [7, 11) is 2.02. The molecule has 230 valence electrons. The van der Waals surface area contributed by atoms with Gasteiger partial charge in [0.05, 0.1) is 23.5 Å². The average Bonchev–Trinajstić information content (AvgIpc) is 3.38. The van der Waals surface area contributed by atoms with E-state index in [9.17, 15) is 27.6 Å². The molecule has 12 heteroatoms. The summed E-state index contributed by atoms with van der Waals surface area (Å²) in [4.78, 5) is 24.6. The number of fused-ring (bicyclic) bond motifs is 1. The van der Waals surface area contributed by atoms with E-state index in [0.29, 0.717) is 37.5 Å². The number of ether oxygens (including phenoxy) is 1. The number of para-hydroxylation sites is 1. The fraction of sp³-hybridized carbons (Fsp3) is 0.516. The van der Waals surface area contributed by atoms with Gasteiger partial charge in [-0.25, -0.2) is 9.37 Å². The summed E-state index contributed by atoms with van der Waals surface area (Å²) in [6.45, 7) is 9.09. The third kappa shape index (κ3) is 6.00. The Bertz CT molecular complexity index is 1430. The molecular formula is C31H36F4N6O2. The smallest absolute Gasteiger partial charge is 0.418 e. The number of rotatable bonds is 6. The molecule has 5 rings (SSSR count). The zero-order chi connectivity index (χ0) is 31.1. The number of amides is 1. The molecule has 1 amide bonds. The SMILES string of the molecule is C=C(F)C(=O)N1[C@H](C)CN(c2c(C#N)c(OC[C@@H]3CCCN3C)nc3c2CCN(c2ccccc2C(F)(F)F)C3)C[C@@H]1C. The molecule has 0 radical (unpaired) electrons. The van der Waals surface area contributed by atoms with E-state index < -0.39 is 35.6 Å². The molecule has 2 fully saturated rings. The van der Waals surface area contributed by atoms with E-state index in [0.717, 1.165) is 31.0 Å². The lowest BCUT2D eigenvalue weighted by Crippen LogP contribution is -2.59. The maximum Gasteiger partial charge on any atom is 0.418 e. The van der Waals surface area contributed by atoms with Crippen LogP contribution < -0.4 is 14.5 Å². The number of carbonyl (C=O) groups excluding carboxylic acids is 1. The number of hydrogen-bond acceptors (Lipinski definition) is 7. The molecule has 1 aromatic carbocycles. The normalized spacial score (nSPS) is 22.7. The third-order valence-corrected chi connectivity index (χ3v) is 8.74. The Morgan fingerprint density at radius 2 is 1.86 bits per heavy atom. The highest BCUT2D eigenvalue weighted by Gasteiger charge is 2.39. The zero-order valence-corrected chi connectivity index (χ0v) is 24.6. The number of anilines is 2. The van der Waals surface area contributed by atoms with E-state index in [1.54, 1.807) is 11.0 Å². The minimum atomic E-state index is -4.52. The van der Waals surface area contributed by atoms with Crippen molar-refractivity contribution in [2.45, 2.75) is 64.0 Å². The van der Waals surface area contributed by atoms with E-state index in [4.69, 9.17) is 9.72 Å². The number of carbonyl (C=O) groups is 1. The number of nitrogens with zero attached hydrogens (tertiary/aromatic N) is 6. The van der Waals surface area contributed by atoms with Crippen LogP contribution in [-0.2, 0) is 23.9 Å². The van der Waals surface area contributed by atoms with Gasteiger partial charge in [0.1, 0.15) is 18.2 Å². The second-order valence-corrected chi connectivity index (χ2v) is 11.7. The van der Waals surface area contributed by atoms with Crippen molar-refractivity contribution in [1.29, 1.82) is 5.26 Å². The molecule has 0 bridgehead atoms. The lowest BCUT2D eigenvalue weighted by atomic mass is 9.96. The Hall–Kier alpha value is -3.85. The van der Waals surface area contributed by atoms with Crippen LogP contribution in [0.5, 0.6) is 5.88 Å². The van der Waals surface area contributed by atoms with Gasteiger partial charge in [0.25, 0.3) is 5.91 Å². The first-order valence-corrected chi connectivity index (χ1v) is 14.5. The van der Waals surface area contributed by atoms with Crippen molar-refractivity contribution in [2.75, 3.05) is 49.6 Å². The summed E-state index contributed by atoms with van der Waals surface area (Å²) >= 11 is 0. The second kappa shape index (κ2) is 12.0. The lowest BCUT2D eigenvalue weighted by molar-refractivity contribution is -0.137. The quantitative estimate of drug-likeness (QED) is 0.344. The van der Waals surface area contributed by atoms with Gasteiger partial charge in [-0.3, -0.25) is 4.79 Å². The van der Waals surface area contributed by atoms with Crippen molar-refractivity contribution in [3.05, 3.63) is 59.1 Å². The number of likely N-dealkylation sites (N-methyl/N-ethyl adjacent to an activating group) is 1. The Morgan fingerprint density at radius 3 is 2.47 bits per heavy atom. The van der Waals surface area contributed by atoms with E-state index in [1.807, 2.05) is 25.8 Å². The highest BCUT2D eigenvalue weighted by molar-refractivity contribution is 5.91. The molecule has 3 aliphatic heterocycles. The van der Waals surface area contributed by atoms with Crippen LogP contribution in [0.4, 0.5) is 28.9 Å². The van der Waals surface area contributed by atoms with Gasteiger partial charge in [0.2, 0.25) is 5.88 Å². The summed E-state index contributed by atoms with van der Waals surface area (Å²) in [6, 6.07) is 7.15. The average molecular weight is 601 g/mol. The zero-order valence-electron chi connectivity index (χ0n) is 24.6. The van der Waals surface area contributed by atoms with E-state index in [2.05, 4.69) is 17.5 Å². The third-order valence-electron chi connectivity index (χ3n) is 8.74. The monoisotopic (exact) mass is 600 g/mol. The topological polar surface area (TPSA) is 75.9 Å². The van der Waals surface area contributed by atoms with Crippen LogP contribution >= 0.6 is 0 Å². The Kier molecular flexibility index (Phi) is 8.56. The molecule has 2 saturated heterocycles. The minimum Gasteiger partial charge on any atom is -0.475 e. The first kappa shape index (κ1) is 30.6. The number of alkyl halides is 3. The molecule has 3 atom stereocenters. The van der Waals surface area contributed by atoms with Gasteiger partial charge in [-0.15, -0.1) is 0 Å². The molecule has 2 aromatic rings. The summed E-state index contributed by atoms with van der Waals surface area (Å²) in [5, 5.41) is 10.4. The number of likely N-dealkylation sites (tertiary alicyclic amines) is 1.